The standard InChI is InChI=1S/C29H32N2O7/c1-5-11-30-15-28(3,4)29(6-2,16-30)31-24(33)19-9-7-17(12-21(19)25(31)34)23(14-32)18-8-10-20(26(35)36)22(13-18)27(37)38/h7-10,12-14,32H,5-6,11,15-16H2,1-4H3,(H,35,36)(H,37,38)/b23-14+. The van der Waals surface area contributed by atoms with Crippen LogP contribution >= 0.6 is 0 Å². The summed E-state index contributed by atoms with van der Waals surface area (Å²) in [6.45, 7) is 10.5. The lowest BCUT2D eigenvalue weighted by molar-refractivity contribution is 0.0191. The highest BCUT2D eigenvalue weighted by Crippen LogP contribution is 2.48. The Balaban J connectivity index is 1.76. The summed E-state index contributed by atoms with van der Waals surface area (Å²) in [7, 11) is 0. The number of carbonyl (C=O) groups is 4. The Morgan fingerprint density at radius 2 is 1.50 bits per heavy atom. The van der Waals surface area contributed by atoms with Crippen molar-refractivity contribution in [1.82, 2.24) is 9.80 Å². The third-order valence-electron chi connectivity index (χ3n) is 8.03. The topological polar surface area (TPSA) is 135 Å². The van der Waals surface area contributed by atoms with Gasteiger partial charge in [0.15, 0.2) is 0 Å². The fourth-order valence-corrected chi connectivity index (χ4v) is 6.13. The zero-order chi connectivity index (χ0) is 28.0. The van der Waals surface area contributed by atoms with Gasteiger partial charge in [-0.1, -0.05) is 39.8 Å². The molecule has 38 heavy (non-hydrogen) atoms. The molecule has 200 valence electrons. The number of carboxylic acids is 2. The quantitative estimate of drug-likeness (QED) is 0.341. The highest BCUT2D eigenvalue weighted by Gasteiger charge is 2.59. The van der Waals surface area contributed by atoms with Gasteiger partial charge in [-0.05, 0) is 54.8 Å². The molecule has 2 aliphatic heterocycles. The maximum Gasteiger partial charge on any atom is 0.336 e. The monoisotopic (exact) mass is 520 g/mol. The second-order valence-electron chi connectivity index (χ2n) is 10.6. The van der Waals surface area contributed by atoms with Gasteiger partial charge >= 0.3 is 11.9 Å². The van der Waals surface area contributed by atoms with Gasteiger partial charge in [0.1, 0.15) is 0 Å². The molecule has 2 heterocycles. The van der Waals surface area contributed by atoms with Crippen LogP contribution in [0.3, 0.4) is 0 Å². The highest BCUT2D eigenvalue weighted by atomic mass is 16.4. The lowest BCUT2D eigenvalue weighted by Gasteiger charge is -2.45. The molecule has 9 heteroatoms. The normalized spacial score (nSPS) is 21.2. The second-order valence-corrected chi connectivity index (χ2v) is 10.6. The molecule has 0 radical (unpaired) electrons. The predicted molar refractivity (Wildman–Crippen MR) is 141 cm³/mol. The first-order valence-corrected chi connectivity index (χ1v) is 12.6. The maximum atomic E-state index is 13.8. The molecular weight excluding hydrogens is 488 g/mol. The van der Waals surface area contributed by atoms with Gasteiger partial charge in [0.05, 0.1) is 34.1 Å². The Kier molecular flexibility index (Phi) is 6.92. The Bertz CT molecular complexity index is 1380. The number of fused-ring (bicyclic) bond motifs is 1. The molecule has 0 aromatic heterocycles. The van der Waals surface area contributed by atoms with Crippen molar-refractivity contribution < 1.29 is 34.5 Å². The van der Waals surface area contributed by atoms with Crippen molar-refractivity contribution in [1.29, 1.82) is 0 Å². The number of carboxylic acid groups (broad SMARTS) is 2. The van der Waals surface area contributed by atoms with Gasteiger partial charge in [0, 0.05) is 24.1 Å². The van der Waals surface area contributed by atoms with Crippen LogP contribution in [0.1, 0.15) is 93.1 Å². The van der Waals surface area contributed by atoms with Gasteiger partial charge in [0.2, 0.25) is 0 Å². The molecule has 2 amide bonds. The fraction of sp³-hybridized carbons (Fsp3) is 0.379. The van der Waals surface area contributed by atoms with Crippen LogP contribution in [-0.2, 0) is 0 Å². The van der Waals surface area contributed by atoms with Crippen molar-refractivity contribution in [3.63, 3.8) is 0 Å². The lowest BCUT2D eigenvalue weighted by atomic mass is 9.72. The third kappa shape index (κ3) is 4.07. The molecule has 1 saturated heterocycles. The third-order valence-corrected chi connectivity index (χ3v) is 8.03. The van der Waals surface area contributed by atoms with Crippen LogP contribution < -0.4 is 0 Å². The van der Waals surface area contributed by atoms with E-state index in [2.05, 4.69) is 25.7 Å². The van der Waals surface area contributed by atoms with Crippen molar-refractivity contribution in [2.45, 2.75) is 46.1 Å². The number of hydrogen-bond donors (Lipinski definition) is 3. The van der Waals surface area contributed by atoms with Crippen LogP contribution in [0.5, 0.6) is 0 Å². The van der Waals surface area contributed by atoms with E-state index in [-0.39, 0.29) is 39.1 Å². The molecule has 0 saturated carbocycles. The number of aliphatic hydroxyl groups is 1. The second kappa shape index (κ2) is 9.72. The lowest BCUT2D eigenvalue weighted by Crippen LogP contribution is -2.60. The number of rotatable bonds is 8. The molecule has 2 aromatic carbocycles. The van der Waals surface area contributed by atoms with E-state index in [9.17, 15) is 34.5 Å². The van der Waals surface area contributed by atoms with E-state index in [4.69, 9.17) is 0 Å². The molecule has 1 unspecified atom stereocenters. The largest absolute Gasteiger partial charge is 0.515 e. The predicted octanol–water partition coefficient (Wildman–Crippen LogP) is 4.53. The molecule has 2 aromatic rings. The summed E-state index contributed by atoms with van der Waals surface area (Å²) in [5.74, 6) is -3.56. The molecule has 0 spiro atoms. The summed E-state index contributed by atoms with van der Waals surface area (Å²) in [6, 6.07) is 8.37. The van der Waals surface area contributed by atoms with Gasteiger partial charge in [-0.2, -0.15) is 0 Å². The van der Waals surface area contributed by atoms with Gasteiger partial charge in [-0.3, -0.25) is 14.5 Å². The van der Waals surface area contributed by atoms with E-state index in [0.29, 0.717) is 18.5 Å². The van der Waals surface area contributed by atoms with Gasteiger partial charge in [-0.15, -0.1) is 0 Å². The smallest absolute Gasteiger partial charge is 0.336 e. The number of amides is 2. The van der Waals surface area contributed by atoms with Crippen LogP contribution in [-0.4, -0.2) is 74.0 Å². The molecule has 9 nitrogen and oxygen atoms in total. The van der Waals surface area contributed by atoms with Crippen molar-refractivity contribution >= 4 is 29.3 Å². The first-order valence-electron chi connectivity index (χ1n) is 12.6. The van der Waals surface area contributed by atoms with Crippen LogP contribution in [0.15, 0.2) is 42.7 Å². The van der Waals surface area contributed by atoms with Crippen molar-refractivity contribution in [3.05, 3.63) is 76.0 Å². The maximum absolute atomic E-state index is 13.8. The molecule has 0 aliphatic carbocycles. The number of benzene rings is 2. The zero-order valence-electron chi connectivity index (χ0n) is 21.9. The molecule has 1 fully saturated rings. The van der Waals surface area contributed by atoms with E-state index in [1.807, 2.05) is 6.92 Å². The first kappa shape index (κ1) is 27.1. The number of imide groups is 1. The molecule has 3 N–H and O–H groups in total. The molecule has 2 aliphatic rings. The van der Waals surface area contributed by atoms with Gasteiger partial charge in [-0.25, -0.2) is 9.59 Å². The number of likely N-dealkylation sites (tertiary alicyclic amines) is 1. The van der Waals surface area contributed by atoms with Crippen molar-refractivity contribution in [2.24, 2.45) is 5.41 Å². The first-order chi connectivity index (χ1) is 17.9. The van der Waals surface area contributed by atoms with Crippen molar-refractivity contribution in [3.8, 4) is 0 Å². The van der Waals surface area contributed by atoms with Crippen LogP contribution in [0.4, 0.5) is 0 Å². The minimum atomic E-state index is -1.42. The number of nitrogens with zero attached hydrogens (tertiary/aromatic N) is 2. The summed E-state index contributed by atoms with van der Waals surface area (Å²) in [5, 5.41) is 28.9. The van der Waals surface area contributed by atoms with Crippen LogP contribution in [0, 0.1) is 5.41 Å². The van der Waals surface area contributed by atoms with Crippen LogP contribution in [0.25, 0.3) is 5.57 Å². The van der Waals surface area contributed by atoms with E-state index in [1.165, 1.54) is 17.0 Å². The number of carbonyl (C=O) groups excluding carboxylic acids is 2. The minimum Gasteiger partial charge on any atom is -0.515 e. The Morgan fingerprint density at radius 3 is 2.08 bits per heavy atom. The average molecular weight is 521 g/mol. The number of aliphatic hydroxyl groups excluding tert-OH is 1. The summed E-state index contributed by atoms with van der Waals surface area (Å²) in [6.07, 6.45) is 2.35. The number of aromatic carboxylic acids is 2. The minimum absolute atomic E-state index is 0.187. The van der Waals surface area contributed by atoms with Gasteiger partial charge < -0.3 is 20.2 Å². The summed E-state index contributed by atoms with van der Waals surface area (Å²) >= 11 is 0. The summed E-state index contributed by atoms with van der Waals surface area (Å²) in [5.41, 5.74) is -0.518. The summed E-state index contributed by atoms with van der Waals surface area (Å²) in [4.78, 5) is 54.3. The molecule has 0 bridgehead atoms. The van der Waals surface area contributed by atoms with E-state index in [1.54, 1.807) is 12.1 Å². The van der Waals surface area contributed by atoms with Gasteiger partial charge in [0.25, 0.3) is 11.8 Å². The molecule has 4 rings (SSSR count). The van der Waals surface area contributed by atoms with E-state index in [0.717, 1.165) is 37.9 Å². The molecule has 1 atom stereocenters. The summed E-state index contributed by atoms with van der Waals surface area (Å²) < 4.78 is 0. The Morgan fingerprint density at radius 1 is 0.895 bits per heavy atom. The van der Waals surface area contributed by atoms with Crippen molar-refractivity contribution in [2.75, 3.05) is 19.6 Å². The van der Waals surface area contributed by atoms with E-state index < -0.39 is 28.9 Å². The average Bonchev–Trinajstić information content (AvgIpc) is 3.27. The SMILES string of the molecule is CCCN1CC(C)(C)C(CC)(N2C(=O)c3ccc(/C(=C\O)c4ccc(C(=O)O)c(C(=O)O)c4)cc3C2=O)C1. The Hall–Kier alpha value is -3.98. The fourth-order valence-electron chi connectivity index (χ4n) is 6.13. The highest BCUT2D eigenvalue weighted by molar-refractivity contribution is 6.22. The van der Waals surface area contributed by atoms with E-state index >= 15 is 0 Å². The Labute approximate surface area is 221 Å². The zero-order valence-corrected chi connectivity index (χ0v) is 21.9. The van der Waals surface area contributed by atoms with Crippen LogP contribution in [0.2, 0.25) is 0 Å². The number of hydrogen-bond acceptors (Lipinski definition) is 6. The molecular formula is C29H32N2O7.